The number of ether oxygens (including phenoxy) is 1. The molecule has 1 amide bonds. The Kier molecular flexibility index (Phi) is 4.31. The molecule has 1 aromatic rings. The Balaban J connectivity index is 1.28. The lowest BCUT2D eigenvalue weighted by atomic mass is 10.0. The Morgan fingerprint density at radius 3 is 2.83 bits per heavy atom. The molecule has 3 fully saturated rings. The number of carbonyl (C=O) groups is 1. The first-order chi connectivity index (χ1) is 11.3. The smallest absolute Gasteiger partial charge is 0.229 e. The van der Waals surface area contributed by atoms with Crippen LogP contribution in [0.1, 0.15) is 49.7 Å². The van der Waals surface area contributed by atoms with Crippen molar-refractivity contribution in [1.82, 2.24) is 20.4 Å². The highest BCUT2D eigenvalue weighted by atomic mass is 16.5. The van der Waals surface area contributed by atoms with Gasteiger partial charge in [-0.2, -0.15) is 4.98 Å². The Bertz CT molecular complexity index is 551. The van der Waals surface area contributed by atoms with Gasteiger partial charge in [-0.25, -0.2) is 0 Å². The van der Waals surface area contributed by atoms with Crippen LogP contribution in [0.25, 0.3) is 0 Å². The van der Waals surface area contributed by atoms with E-state index in [0.29, 0.717) is 18.5 Å². The normalized spacial score (nSPS) is 26.5. The number of nitrogens with zero attached hydrogens (tertiary/aromatic N) is 3. The quantitative estimate of drug-likeness (QED) is 0.874. The lowest BCUT2D eigenvalue weighted by Gasteiger charge is -2.18. The zero-order chi connectivity index (χ0) is 15.6. The first kappa shape index (κ1) is 15.1. The summed E-state index contributed by atoms with van der Waals surface area (Å²) in [6, 6.07) is 0.441. The van der Waals surface area contributed by atoms with E-state index in [0.717, 1.165) is 70.1 Å². The standard InChI is InChI=1S/C16H24N4O3/c21-15(17-13-1-2-13)12-3-6-20(9-12)10-14-18-16(23-19-14)11-4-7-22-8-5-11/h11-13H,1-10H2,(H,17,21). The molecule has 4 rings (SSSR count). The summed E-state index contributed by atoms with van der Waals surface area (Å²) in [6.07, 6.45) is 5.10. The van der Waals surface area contributed by atoms with Gasteiger partial charge in [-0.3, -0.25) is 9.69 Å². The predicted octanol–water partition coefficient (Wildman–Crippen LogP) is 1.06. The van der Waals surface area contributed by atoms with Crippen molar-refractivity contribution in [3.63, 3.8) is 0 Å². The molecule has 0 radical (unpaired) electrons. The molecule has 2 aliphatic heterocycles. The number of hydrogen-bond acceptors (Lipinski definition) is 6. The van der Waals surface area contributed by atoms with Crippen molar-refractivity contribution in [2.24, 2.45) is 5.92 Å². The molecule has 2 saturated heterocycles. The van der Waals surface area contributed by atoms with Gasteiger partial charge in [0.1, 0.15) is 0 Å². The minimum Gasteiger partial charge on any atom is -0.381 e. The van der Waals surface area contributed by atoms with Gasteiger partial charge < -0.3 is 14.6 Å². The van der Waals surface area contributed by atoms with Gasteiger partial charge in [0, 0.05) is 31.7 Å². The minimum absolute atomic E-state index is 0.109. The molecular formula is C16H24N4O3. The van der Waals surface area contributed by atoms with Crippen LogP contribution >= 0.6 is 0 Å². The van der Waals surface area contributed by atoms with Crippen molar-refractivity contribution < 1.29 is 14.1 Å². The van der Waals surface area contributed by atoms with E-state index in [4.69, 9.17) is 9.26 Å². The molecule has 0 spiro atoms. The molecule has 1 aromatic heterocycles. The second kappa shape index (κ2) is 6.57. The second-order valence-corrected chi connectivity index (χ2v) is 6.94. The summed E-state index contributed by atoms with van der Waals surface area (Å²) in [5.74, 6) is 2.13. The summed E-state index contributed by atoms with van der Waals surface area (Å²) < 4.78 is 10.8. The average Bonchev–Trinajstić information content (AvgIpc) is 3.08. The lowest BCUT2D eigenvalue weighted by molar-refractivity contribution is -0.124. The Morgan fingerprint density at radius 2 is 2.04 bits per heavy atom. The summed E-state index contributed by atoms with van der Waals surface area (Å²) >= 11 is 0. The number of carbonyl (C=O) groups excluding carboxylic acids is 1. The van der Waals surface area contributed by atoms with Crippen molar-refractivity contribution >= 4 is 5.91 Å². The van der Waals surface area contributed by atoms with Crippen LogP contribution in [0, 0.1) is 5.92 Å². The molecule has 23 heavy (non-hydrogen) atoms. The topological polar surface area (TPSA) is 80.5 Å². The minimum atomic E-state index is 0.109. The SMILES string of the molecule is O=C(NC1CC1)C1CCN(Cc2noc(C3CCOCC3)n2)C1. The third-order valence-corrected chi connectivity index (χ3v) is 4.99. The van der Waals surface area contributed by atoms with E-state index >= 15 is 0 Å². The van der Waals surface area contributed by atoms with E-state index < -0.39 is 0 Å². The highest BCUT2D eigenvalue weighted by Gasteiger charge is 2.32. The Labute approximate surface area is 135 Å². The summed E-state index contributed by atoms with van der Waals surface area (Å²) in [7, 11) is 0. The molecule has 126 valence electrons. The van der Waals surface area contributed by atoms with Crippen LogP contribution < -0.4 is 5.32 Å². The molecule has 7 nitrogen and oxygen atoms in total. The number of aromatic nitrogens is 2. The van der Waals surface area contributed by atoms with Crippen LogP contribution in [0.3, 0.4) is 0 Å². The van der Waals surface area contributed by atoms with Gasteiger partial charge in [-0.05, 0) is 38.6 Å². The summed E-state index contributed by atoms with van der Waals surface area (Å²) in [5.41, 5.74) is 0. The molecule has 0 bridgehead atoms. The van der Waals surface area contributed by atoms with Gasteiger partial charge in [-0.15, -0.1) is 0 Å². The molecule has 1 atom stereocenters. The van der Waals surface area contributed by atoms with Crippen molar-refractivity contribution in [3.05, 3.63) is 11.7 Å². The van der Waals surface area contributed by atoms with Gasteiger partial charge >= 0.3 is 0 Å². The van der Waals surface area contributed by atoms with Gasteiger partial charge in [0.25, 0.3) is 0 Å². The van der Waals surface area contributed by atoms with E-state index in [-0.39, 0.29) is 11.8 Å². The fraction of sp³-hybridized carbons (Fsp3) is 0.812. The Hall–Kier alpha value is -1.47. The molecule has 1 aliphatic carbocycles. The number of rotatable bonds is 5. The maximum atomic E-state index is 12.1. The van der Waals surface area contributed by atoms with Crippen LogP contribution in [-0.4, -0.2) is 53.3 Å². The van der Waals surface area contributed by atoms with Crippen molar-refractivity contribution in [3.8, 4) is 0 Å². The molecular weight excluding hydrogens is 296 g/mol. The van der Waals surface area contributed by atoms with Crippen molar-refractivity contribution in [2.45, 2.75) is 50.6 Å². The second-order valence-electron chi connectivity index (χ2n) is 6.94. The lowest BCUT2D eigenvalue weighted by Crippen LogP contribution is -2.34. The van der Waals surface area contributed by atoms with Crippen LogP contribution in [0.15, 0.2) is 4.52 Å². The first-order valence-corrected chi connectivity index (χ1v) is 8.71. The van der Waals surface area contributed by atoms with Crippen molar-refractivity contribution in [1.29, 1.82) is 0 Å². The highest BCUT2D eigenvalue weighted by Crippen LogP contribution is 2.26. The van der Waals surface area contributed by atoms with E-state index in [1.54, 1.807) is 0 Å². The maximum absolute atomic E-state index is 12.1. The largest absolute Gasteiger partial charge is 0.381 e. The number of nitrogens with one attached hydrogen (secondary N) is 1. The summed E-state index contributed by atoms with van der Waals surface area (Å²) in [6.45, 7) is 3.92. The van der Waals surface area contributed by atoms with E-state index in [2.05, 4.69) is 20.4 Å². The third kappa shape index (κ3) is 3.72. The molecule has 7 heteroatoms. The highest BCUT2D eigenvalue weighted by molar-refractivity contribution is 5.79. The van der Waals surface area contributed by atoms with E-state index in [9.17, 15) is 4.79 Å². The van der Waals surface area contributed by atoms with Gasteiger partial charge in [0.15, 0.2) is 5.82 Å². The molecule has 1 N–H and O–H groups in total. The van der Waals surface area contributed by atoms with Crippen molar-refractivity contribution in [2.75, 3.05) is 26.3 Å². The average molecular weight is 320 g/mol. The monoisotopic (exact) mass is 320 g/mol. The number of amides is 1. The third-order valence-electron chi connectivity index (χ3n) is 4.99. The molecule has 1 unspecified atom stereocenters. The molecule has 3 heterocycles. The molecule has 3 aliphatic rings. The van der Waals surface area contributed by atoms with E-state index in [1.807, 2.05) is 0 Å². The van der Waals surface area contributed by atoms with Gasteiger partial charge in [0.2, 0.25) is 11.8 Å². The van der Waals surface area contributed by atoms with Crippen LogP contribution in [-0.2, 0) is 16.1 Å². The summed E-state index contributed by atoms with van der Waals surface area (Å²) in [5, 5.41) is 7.21. The molecule has 1 saturated carbocycles. The molecule has 0 aromatic carbocycles. The Morgan fingerprint density at radius 1 is 1.22 bits per heavy atom. The fourth-order valence-corrected chi connectivity index (χ4v) is 3.38. The van der Waals surface area contributed by atoms with E-state index in [1.165, 1.54) is 0 Å². The van der Waals surface area contributed by atoms with Gasteiger partial charge in [0.05, 0.1) is 12.5 Å². The zero-order valence-corrected chi connectivity index (χ0v) is 13.4. The predicted molar refractivity (Wildman–Crippen MR) is 81.6 cm³/mol. The van der Waals surface area contributed by atoms with Crippen LogP contribution in [0.5, 0.6) is 0 Å². The van der Waals surface area contributed by atoms with Crippen LogP contribution in [0.2, 0.25) is 0 Å². The zero-order valence-electron chi connectivity index (χ0n) is 13.4. The number of likely N-dealkylation sites (tertiary alicyclic amines) is 1. The first-order valence-electron chi connectivity index (χ1n) is 8.71. The number of hydrogen-bond donors (Lipinski definition) is 1. The summed E-state index contributed by atoms with van der Waals surface area (Å²) in [4.78, 5) is 18.9. The van der Waals surface area contributed by atoms with Crippen LogP contribution in [0.4, 0.5) is 0 Å². The maximum Gasteiger partial charge on any atom is 0.229 e. The fourth-order valence-electron chi connectivity index (χ4n) is 3.38. The van der Waals surface area contributed by atoms with Gasteiger partial charge in [-0.1, -0.05) is 5.16 Å².